The highest BCUT2D eigenvalue weighted by Gasteiger charge is 2.10. The summed E-state index contributed by atoms with van der Waals surface area (Å²) in [6, 6.07) is 22.9. The smallest absolute Gasteiger partial charge is 0.270 e. The summed E-state index contributed by atoms with van der Waals surface area (Å²) in [5.74, 6) is -0.535. The van der Waals surface area contributed by atoms with Gasteiger partial charge in [0.15, 0.2) is 0 Å². The molecule has 3 aromatic carbocycles. The highest BCUT2D eigenvalue weighted by atomic mass is 16.2. The van der Waals surface area contributed by atoms with Gasteiger partial charge >= 0.3 is 0 Å². The van der Waals surface area contributed by atoms with Crippen molar-refractivity contribution in [3.05, 3.63) is 83.9 Å². The van der Waals surface area contributed by atoms with Gasteiger partial charge in [-0.2, -0.15) is 0 Å². The Hall–Kier alpha value is -3.14. The number of carbonyl (C=O) groups excluding carboxylic acids is 2. The summed E-state index contributed by atoms with van der Waals surface area (Å²) in [6.07, 6.45) is 0.955. The molecule has 0 radical (unpaired) electrons. The van der Waals surface area contributed by atoms with Gasteiger partial charge in [0.25, 0.3) is 5.91 Å². The lowest BCUT2D eigenvalue weighted by atomic mass is 10.0. The van der Waals surface area contributed by atoms with Crippen LogP contribution in [0.5, 0.6) is 0 Å². The Balaban J connectivity index is 1.58. The molecule has 0 unspecified atom stereocenters. The number of aryl methyl sites for hydroxylation is 1. The first-order valence-electron chi connectivity index (χ1n) is 7.85. The van der Waals surface area contributed by atoms with Gasteiger partial charge in [-0.3, -0.25) is 20.4 Å². The Morgan fingerprint density at radius 2 is 1.46 bits per heavy atom. The largest absolute Gasteiger partial charge is 0.273 e. The van der Waals surface area contributed by atoms with Crippen LogP contribution >= 0.6 is 0 Å². The van der Waals surface area contributed by atoms with Gasteiger partial charge in [0.05, 0.1) is 0 Å². The predicted octanol–water partition coefficient (Wildman–Crippen LogP) is 3.23. The van der Waals surface area contributed by atoms with Crippen LogP contribution < -0.4 is 10.9 Å². The lowest BCUT2D eigenvalue weighted by Crippen LogP contribution is -2.41. The van der Waals surface area contributed by atoms with Crippen LogP contribution in [0, 0.1) is 0 Å². The molecule has 0 spiro atoms. The zero-order valence-corrected chi connectivity index (χ0v) is 13.2. The van der Waals surface area contributed by atoms with Gasteiger partial charge < -0.3 is 0 Å². The highest BCUT2D eigenvalue weighted by Crippen LogP contribution is 2.18. The van der Waals surface area contributed by atoms with Gasteiger partial charge in [-0.05, 0) is 28.8 Å². The fourth-order valence-corrected chi connectivity index (χ4v) is 2.58. The van der Waals surface area contributed by atoms with E-state index in [1.165, 1.54) is 0 Å². The van der Waals surface area contributed by atoms with Gasteiger partial charge in [-0.1, -0.05) is 66.7 Å². The van der Waals surface area contributed by atoms with E-state index in [-0.39, 0.29) is 11.8 Å². The number of carbonyl (C=O) groups is 2. The minimum atomic E-state index is -0.320. The molecule has 120 valence electrons. The molecule has 3 aromatic rings. The third-order valence-corrected chi connectivity index (χ3v) is 3.83. The third-order valence-electron chi connectivity index (χ3n) is 3.83. The lowest BCUT2D eigenvalue weighted by molar-refractivity contribution is -0.121. The molecule has 0 aromatic heterocycles. The maximum absolute atomic E-state index is 12.3. The summed E-state index contributed by atoms with van der Waals surface area (Å²) in [4.78, 5) is 24.2. The Labute approximate surface area is 140 Å². The van der Waals surface area contributed by atoms with Gasteiger partial charge in [0.1, 0.15) is 0 Å². The Kier molecular flexibility index (Phi) is 4.87. The van der Waals surface area contributed by atoms with Gasteiger partial charge in [0, 0.05) is 12.0 Å². The number of hydrazine groups is 1. The van der Waals surface area contributed by atoms with E-state index >= 15 is 0 Å². The monoisotopic (exact) mass is 318 g/mol. The Bertz CT molecular complexity index is 854. The van der Waals surface area contributed by atoms with E-state index in [1.807, 2.05) is 66.7 Å². The molecule has 4 nitrogen and oxygen atoms in total. The van der Waals surface area contributed by atoms with Crippen LogP contribution in [-0.2, 0) is 11.2 Å². The van der Waals surface area contributed by atoms with Crippen LogP contribution in [-0.4, -0.2) is 11.8 Å². The van der Waals surface area contributed by atoms with E-state index in [0.717, 1.165) is 16.3 Å². The summed E-state index contributed by atoms with van der Waals surface area (Å²) in [6.45, 7) is 0. The number of rotatable bonds is 4. The van der Waals surface area contributed by atoms with E-state index in [9.17, 15) is 9.59 Å². The molecule has 0 aliphatic heterocycles. The molecule has 0 saturated heterocycles. The van der Waals surface area contributed by atoms with Crippen LogP contribution in [0.25, 0.3) is 10.8 Å². The second-order valence-electron chi connectivity index (χ2n) is 5.51. The fourth-order valence-electron chi connectivity index (χ4n) is 2.58. The molecule has 4 heteroatoms. The minimum Gasteiger partial charge on any atom is -0.273 e. The normalized spacial score (nSPS) is 10.3. The number of fused-ring (bicyclic) bond motifs is 1. The summed E-state index contributed by atoms with van der Waals surface area (Å²) in [5.41, 5.74) is 6.60. The van der Waals surface area contributed by atoms with Crippen molar-refractivity contribution >= 4 is 22.6 Å². The molecule has 2 amide bonds. The van der Waals surface area contributed by atoms with E-state index in [0.29, 0.717) is 18.4 Å². The SMILES string of the molecule is O=C(CCc1ccccc1)NNC(=O)c1cccc2ccccc12. The zero-order valence-electron chi connectivity index (χ0n) is 13.2. The topological polar surface area (TPSA) is 58.2 Å². The molecule has 24 heavy (non-hydrogen) atoms. The maximum Gasteiger partial charge on any atom is 0.270 e. The number of amides is 2. The van der Waals surface area contributed by atoms with E-state index < -0.39 is 0 Å². The summed E-state index contributed by atoms with van der Waals surface area (Å²) in [7, 11) is 0. The molecule has 0 aliphatic carbocycles. The summed E-state index contributed by atoms with van der Waals surface area (Å²) < 4.78 is 0. The summed E-state index contributed by atoms with van der Waals surface area (Å²) in [5, 5.41) is 1.84. The summed E-state index contributed by atoms with van der Waals surface area (Å²) >= 11 is 0. The molecule has 0 heterocycles. The lowest BCUT2D eigenvalue weighted by Gasteiger charge is -2.09. The minimum absolute atomic E-state index is 0.215. The molecule has 2 N–H and O–H groups in total. The second kappa shape index (κ2) is 7.42. The van der Waals surface area contributed by atoms with Crippen LogP contribution in [0.1, 0.15) is 22.3 Å². The van der Waals surface area contributed by atoms with Crippen molar-refractivity contribution < 1.29 is 9.59 Å². The van der Waals surface area contributed by atoms with Crippen LogP contribution in [0.4, 0.5) is 0 Å². The van der Waals surface area contributed by atoms with Crippen molar-refractivity contribution in [2.45, 2.75) is 12.8 Å². The predicted molar refractivity (Wildman–Crippen MR) is 94.3 cm³/mol. The molecule has 0 aliphatic rings. The van der Waals surface area contributed by atoms with Gasteiger partial charge in [-0.25, -0.2) is 0 Å². The second-order valence-corrected chi connectivity index (χ2v) is 5.51. The number of hydrogen-bond acceptors (Lipinski definition) is 2. The van der Waals surface area contributed by atoms with Crippen molar-refractivity contribution in [3.8, 4) is 0 Å². The van der Waals surface area contributed by atoms with Crippen molar-refractivity contribution in [1.29, 1.82) is 0 Å². The maximum atomic E-state index is 12.3. The number of benzene rings is 3. The Morgan fingerprint density at radius 1 is 0.750 bits per heavy atom. The van der Waals surface area contributed by atoms with Crippen LogP contribution in [0.2, 0.25) is 0 Å². The standard InChI is InChI=1S/C20H18N2O2/c23-19(14-13-15-7-2-1-3-8-15)21-22-20(24)18-12-6-10-16-9-4-5-11-17(16)18/h1-12H,13-14H2,(H,21,23)(H,22,24). The van der Waals surface area contributed by atoms with E-state index in [1.54, 1.807) is 6.07 Å². The first kappa shape index (κ1) is 15.7. The molecule has 3 rings (SSSR count). The van der Waals surface area contributed by atoms with Crippen molar-refractivity contribution in [2.24, 2.45) is 0 Å². The number of hydrogen-bond donors (Lipinski definition) is 2. The van der Waals surface area contributed by atoms with Crippen molar-refractivity contribution in [1.82, 2.24) is 10.9 Å². The van der Waals surface area contributed by atoms with E-state index in [4.69, 9.17) is 0 Å². The molecule has 0 atom stereocenters. The zero-order chi connectivity index (χ0) is 16.8. The average molecular weight is 318 g/mol. The van der Waals surface area contributed by atoms with Gasteiger partial charge in [-0.15, -0.1) is 0 Å². The van der Waals surface area contributed by atoms with Crippen LogP contribution in [0.15, 0.2) is 72.8 Å². The molecule has 0 bridgehead atoms. The Morgan fingerprint density at radius 3 is 2.29 bits per heavy atom. The highest BCUT2D eigenvalue weighted by molar-refractivity contribution is 6.07. The fraction of sp³-hybridized carbons (Fsp3) is 0.100. The molecule has 0 fully saturated rings. The van der Waals surface area contributed by atoms with E-state index in [2.05, 4.69) is 10.9 Å². The molecular weight excluding hydrogens is 300 g/mol. The molecular formula is C20H18N2O2. The third kappa shape index (κ3) is 3.79. The first-order chi connectivity index (χ1) is 11.7. The average Bonchev–Trinajstić information content (AvgIpc) is 2.64. The molecule has 0 saturated carbocycles. The van der Waals surface area contributed by atoms with Crippen molar-refractivity contribution in [3.63, 3.8) is 0 Å². The van der Waals surface area contributed by atoms with Crippen LogP contribution in [0.3, 0.4) is 0 Å². The number of nitrogens with one attached hydrogen (secondary N) is 2. The quantitative estimate of drug-likeness (QED) is 0.726. The van der Waals surface area contributed by atoms with Gasteiger partial charge in [0.2, 0.25) is 5.91 Å². The first-order valence-corrected chi connectivity index (χ1v) is 7.85. The van der Waals surface area contributed by atoms with Crippen molar-refractivity contribution in [2.75, 3.05) is 0 Å².